The van der Waals surface area contributed by atoms with Gasteiger partial charge in [0.25, 0.3) is 0 Å². The fraction of sp³-hybridized carbons (Fsp3) is 0.235. The molecular formula is C17H16Mo. The second kappa shape index (κ2) is 4.94. The molecule has 2 unspecified atom stereocenters. The van der Waals surface area contributed by atoms with Crippen molar-refractivity contribution in [2.45, 2.75) is 12.8 Å². The molecule has 18 heavy (non-hydrogen) atoms. The minimum absolute atomic E-state index is 0.534. The van der Waals surface area contributed by atoms with E-state index in [-0.39, 0.29) is 0 Å². The molecule has 0 spiro atoms. The van der Waals surface area contributed by atoms with E-state index in [0.29, 0.717) is 17.8 Å². The Labute approximate surface area is 120 Å². The quantitative estimate of drug-likeness (QED) is 0.742. The van der Waals surface area contributed by atoms with Crippen LogP contribution in [0.15, 0.2) is 54.6 Å². The average molecular weight is 316 g/mol. The first-order valence-electron chi connectivity index (χ1n) is 6.40. The molecule has 1 aromatic carbocycles. The van der Waals surface area contributed by atoms with Crippen molar-refractivity contribution in [3.05, 3.63) is 65.8 Å². The molecular weight excluding hydrogens is 300 g/mol. The van der Waals surface area contributed by atoms with Gasteiger partial charge >= 0.3 is 120 Å². The summed E-state index contributed by atoms with van der Waals surface area (Å²) >= 11 is 2.19. The second-order valence-corrected chi connectivity index (χ2v) is 6.58. The summed E-state index contributed by atoms with van der Waals surface area (Å²) in [4.78, 5) is 0. The van der Waals surface area contributed by atoms with Gasteiger partial charge in [0.2, 0.25) is 0 Å². The topological polar surface area (TPSA) is 0 Å². The molecule has 2 aliphatic rings. The average Bonchev–Trinajstić information content (AvgIpc) is 3.00. The third-order valence-electron chi connectivity index (χ3n) is 3.89. The van der Waals surface area contributed by atoms with Gasteiger partial charge in [0.15, 0.2) is 0 Å². The van der Waals surface area contributed by atoms with E-state index in [1.807, 2.05) is 0 Å². The number of benzene rings is 1. The summed E-state index contributed by atoms with van der Waals surface area (Å²) in [7, 11) is 0. The molecule has 0 heterocycles. The van der Waals surface area contributed by atoms with Gasteiger partial charge in [0.05, 0.1) is 0 Å². The van der Waals surface area contributed by atoms with Crippen LogP contribution in [0.4, 0.5) is 0 Å². The van der Waals surface area contributed by atoms with E-state index in [1.54, 1.807) is 0 Å². The first-order valence-corrected chi connectivity index (χ1v) is 7.40. The molecule has 1 heteroatoms. The van der Waals surface area contributed by atoms with Crippen molar-refractivity contribution in [3.8, 4) is 0 Å². The summed E-state index contributed by atoms with van der Waals surface area (Å²) in [6.45, 7) is 2.27. The van der Waals surface area contributed by atoms with Crippen molar-refractivity contribution >= 4 is 9.97 Å². The summed E-state index contributed by atoms with van der Waals surface area (Å²) in [5.74, 6) is 1.68. The van der Waals surface area contributed by atoms with Gasteiger partial charge in [-0.3, -0.25) is 0 Å². The molecule has 2 atom stereocenters. The zero-order chi connectivity index (χ0) is 12.5. The first kappa shape index (κ1) is 12.1. The molecule has 0 nitrogen and oxygen atoms in total. The molecule has 0 fully saturated rings. The number of allylic oxidation sites excluding steroid dienone is 5. The van der Waals surface area contributed by atoms with E-state index in [9.17, 15) is 0 Å². The predicted molar refractivity (Wildman–Crippen MR) is 74.2 cm³/mol. The Morgan fingerprint density at radius 1 is 1.11 bits per heavy atom. The minimum atomic E-state index is 0.534. The summed E-state index contributed by atoms with van der Waals surface area (Å²) < 4.78 is 1.53. The Morgan fingerprint density at radius 2 is 1.83 bits per heavy atom. The third-order valence-corrected chi connectivity index (χ3v) is 4.56. The van der Waals surface area contributed by atoms with Crippen molar-refractivity contribution in [2.75, 3.05) is 0 Å². The Kier molecular flexibility index (Phi) is 3.31. The molecule has 0 amide bonds. The van der Waals surface area contributed by atoms with Gasteiger partial charge < -0.3 is 0 Å². The van der Waals surface area contributed by atoms with Gasteiger partial charge in [0, 0.05) is 0 Å². The summed E-state index contributed by atoms with van der Waals surface area (Å²) in [6, 6.07) is 8.77. The molecule has 0 N–H and O–H groups in total. The van der Waals surface area contributed by atoms with Crippen molar-refractivity contribution in [3.63, 3.8) is 0 Å². The Hall–Kier alpha value is -1.00. The maximum absolute atomic E-state index is 2.38. The molecule has 2 aliphatic carbocycles. The van der Waals surface area contributed by atoms with Gasteiger partial charge in [-0.15, -0.1) is 0 Å². The Morgan fingerprint density at radius 3 is 2.56 bits per heavy atom. The van der Waals surface area contributed by atoms with E-state index in [2.05, 4.69) is 87.0 Å². The fourth-order valence-corrected chi connectivity index (χ4v) is 3.79. The zero-order valence-electron chi connectivity index (χ0n) is 10.4. The van der Waals surface area contributed by atoms with Crippen LogP contribution in [0.25, 0.3) is 6.08 Å². The predicted octanol–water partition coefficient (Wildman–Crippen LogP) is 3.89. The van der Waals surface area contributed by atoms with Gasteiger partial charge in [0.1, 0.15) is 0 Å². The van der Waals surface area contributed by atoms with Crippen LogP contribution < -0.4 is 0 Å². The molecule has 0 saturated carbocycles. The zero-order valence-corrected chi connectivity index (χ0v) is 12.4. The van der Waals surface area contributed by atoms with Crippen LogP contribution >= 0.6 is 0 Å². The van der Waals surface area contributed by atoms with Crippen LogP contribution in [-0.2, 0) is 19.4 Å². The fourth-order valence-electron chi connectivity index (χ4n) is 3.04. The number of rotatable bonds is 3. The summed E-state index contributed by atoms with van der Waals surface area (Å²) in [5.41, 5.74) is 2.88. The van der Waals surface area contributed by atoms with E-state index in [1.165, 1.54) is 15.0 Å². The number of fused-ring (bicyclic) bond motifs is 1. The third kappa shape index (κ3) is 2.04. The van der Waals surface area contributed by atoms with Crippen LogP contribution in [0, 0.1) is 11.8 Å². The van der Waals surface area contributed by atoms with Crippen LogP contribution in [0.5, 0.6) is 0 Å². The van der Waals surface area contributed by atoms with Gasteiger partial charge in [-0.1, -0.05) is 0 Å². The van der Waals surface area contributed by atoms with Crippen molar-refractivity contribution in [2.24, 2.45) is 11.8 Å². The normalized spacial score (nSPS) is 22.4. The summed E-state index contributed by atoms with van der Waals surface area (Å²) in [6.07, 6.45) is 13.7. The Bertz CT molecular complexity index is 551. The molecule has 90 valence electrons. The van der Waals surface area contributed by atoms with E-state index >= 15 is 0 Å². The standard InChI is InChI=1S/C17H16.Mo/c1-2-15(13-7-3-4-8-13)17-12-11-14-9-5-6-10-16(14)17;/h3-13,15,17H,1H3;. The molecule has 0 aromatic heterocycles. The van der Waals surface area contributed by atoms with Crippen LogP contribution in [0.2, 0.25) is 0 Å². The SMILES string of the molecule is C[C](=[Mo])C(C1C=CC=C1)C1C=Cc2ccccc21. The van der Waals surface area contributed by atoms with Gasteiger partial charge in [-0.2, -0.15) is 0 Å². The monoisotopic (exact) mass is 318 g/mol. The van der Waals surface area contributed by atoms with Gasteiger partial charge in [-0.05, 0) is 0 Å². The molecule has 0 aliphatic heterocycles. The molecule has 0 bridgehead atoms. The van der Waals surface area contributed by atoms with Crippen LogP contribution in [0.1, 0.15) is 24.0 Å². The number of hydrogen-bond donors (Lipinski definition) is 0. The van der Waals surface area contributed by atoms with E-state index in [4.69, 9.17) is 0 Å². The molecule has 3 rings (SSSR count). The van der Waals surface area contributed by atoms with Crippen molar-refractivity contribution < 1.29 is 19.4 Å². The maximum atomic E-state index is 2.38. The van der Waals surface area contributed by atoms with Gasteiger partial charge in [-0.25, -0.2) is 0 Å². The van der Waals surface area contributed by atoms with Crippen molar-refractivity contribution in [1.82, 2.24) is 0 Å². The van der Waals surface area contributed by atoms with Crippen LogP contribution in [-0.4, -0.2) is 3.90 Å². The molecule has 0 radical (unpaired) electrons. The number of hydrogen-bond acceptors (Lipinski definition) is 0. The second-order valence-electron chi connectivity index (χ2n) is 5.00. The van der Waals surface area contributed by atoms with E-state index < -0.39 is 0 Å². The Balaban J connectivity index is 1.98. The first-order chi connectivity index (χ1) is 8.77. The molecule has 0 saturated heterocycles. The summed E-state index contributed by atoms with van der Waals surface area (Å²) in [5, 5.41) is 0. The van der Waals surface area contributed by atoms with Crippen LogP contribution in [0.3, 0.4) is 0 Å². The van der Waals surface area contributed by atoms with E-state index in [0.717, 1.165) is 0 Å². The molecule has 1 aromatic rings. The van der Waals surface area contributed by atoms with Crippen molar-refractivity contribution in [1.29, 1.82) is 0 Å².